The second kappa shape index (κ2) is 2.47. The molecule has 2 aliphatic rings. The zero-order valence-electron chi connectivity index (χ0n) is 6.16. The first-order valence-electron chi connectivity index (χ1n) is 4.05. The van der Waals surface area contributed by atoms with E-state index >= 15 is 0 Å². The molecular formula is C8H11BrO2. The third-order valence-corrected chi connectivity index (χ3v) is 4.10. The van der Waals surface area contributed by atoms with Gasteiger partial charge in [0.1, 0.15) is 0 Å². The number of hydrogen-bond acceptors (Lipinski definition) is 1. The molecule has 0 aromatic carbocycles. The monoisotopic (exact) mass is 218 g/mol. The number of aliphatic carboxylic acids is 1. The van der Waals surface area contributed by atoms with Crippen LogP contribution in [0.4, 0.5) is 0 Å². The Bertz CT molecular complexity index is 193. The molecule has 2 fully saturated rings. The summed E-state index contributed by atoms with van der Waals surface area (Å²) >= 11 is 3.54. The first-order chi connectivity index (χ1) is 5.18. The molecule has 11 heavy (non-hydrogen) atoms. The molecule has 4 unspecified atom stereocenters. The summed E-state index contributed by atoms with van der Waals surface area (Å²) in [6.45, 7) is 0. The second-order valence-electron chi connectivity index (χ2n) is 3.70. The summed E-state index contributed by atoms with van der Waals surface area (Å²) in [5.74, 6) is 0.447. The molecule has 2 aliphatic carbocycles. The van der Waals surface area contributed by atoms with Gasteiger partial charge in [-0.25, -0.2) is 0 Å². The van der Waals surface area contributed by atoms with Gasteiger partial charge in [0.25, 0.3) is 0 Å². The normalized spacial score (nSPS) is 48.1. The van der Waals surface area contributed by atoms with E-state index in [1.807, 2.05) is 0 Å². The predicted octanol–water partition coefficient (Wildman–Crippen LogP) is 1.88. The van der Waals surface area contributed by atoms with Gasteiger partial charge >= 0.3 is 5.97 Å². The van der Waals surface area contributed by atoms with Crippen LogP contribution in [0.15, 0.2) is 0 Å². The molecule has 2 saturated carbocycles. The third kappa shape index (κ3) is 1.10. The van der Waals surface area contributed by atoms with Crippen LogP contribution in [0.3, 0.4) is 0 Å². The van der Waals surface area contributed by atoms with Crippen molar-refractivity contribution in [2.75, 3.05) is 0 Å². The Morgan fingerprint density at radius 1 is 1.36 bits per heavy atom. The molecule has 0 heterocycles. The zero-order chi connectivity index (χ0) is 8.01. The first kappa shape index (κ1) is 7.59. The van der Waals surface area contributed by atoms with Gasteiger partial charge in [0.05, 0.1) is 5.92 Å². The quantitative estimate of drug-likeness (QED) is 0.683. The fourth-order valence-electron chi connectivity index (χ4n) is 2.55. The van der Waals surface area contributed by atoms with Gasteiger partial charge in [0.2, 0.25) is 0 Å². The van der Waals surface area contributed by atoms with E-state index in [-0.39, 0.29) is 5.92 Å². The molecule has 0 spiro atoms. The fraction of sp³-hybridized carbons (Fsp3) is 0.875. The molecule has 0 aromatic rings. The number of fused-ring (bicyclic) bond motifs is 2. The molecule has 2 nitrogen and oxygen atoms in total. The van der Waals surface area contributed by atoms with Gasteiger partial charge in [-0.3, -0.25) is 4.79 Å². The topological polar surface area (TPSA) is 37.3 Å². The Balaban J connectivity index is 2.12. The van der Waals surface area contributed by atoms with Gasteiger partial charge < -0.3 is 5.11 Å². The largest absolute Gasteiger partial charge is 0.481 e. The van der Waals surface area contributed by atoms with Gasteiger partial charge in [0.15, 0.2) is 0 Å². The van der Waals surface area contributed by atoms with Crippen molar-refractivity contribution in [1.82, 2.24) is 0 Å². The second-order valence-corrected chi connectivity index (χ2v) is 4.87. The lowest BCUT2D eigenvalue weighted by Gasteiger charge is -2.21. The minimum Gasteiger partial charge on any atom is -0.481 e. The number of rotatable bonds is 1. The lowest BCUT2D eigenvalue weighted by molar-refractivity contribution is -0.143. The number of carboxylic acid groups (broad SMARTS) is 1. The lowest BCUT2D eigenvalue weighted by Crippen LogP contribution is -2.26. The molecule has 2 bridgehead atoms. The van der Waals surface area contributed by atoms with Crippen molar-refractivity contribution in [2.45, 2.75) is 24.1 Å². The van der Waals surface area contributed by atoms with Gasteiger partial charge in [-0.15, -0.1) is 0 Å². The average molecular weight is 219 g/mol. The Kier molecular flexibility index (Phi) is 1.71. The molecule has 0 aliphatic heterocycles. The van der Waals surface area contributed by atoms with Gasteiger partial charge in [0, 0.05) is 4.83 Å². The molecule has 0 saturated heterocycles. The number of alkyl halides is 1. The van der Waals surface area contributed by atoms with E-state index < -0.39 is 5.97 Å². The van der Waals surface area contributed by atoms with E-state index in [1.165, 1.54) is 6.42 Å². The molecular weight excluding hydrogens is 208 g/mol. The first-order valence-corrected chi connectivity index (χ1v) is 4.97. The summed E-state index contributed by atoms with van der Waals surface area (Å²) in [6, 6.07) is 0. The minimum absolute atomic E-state index is 0.0573. The molecule has 2 rings (SSSR count). The van der Waals surface area contributed by atoms with Crippen molar-refractivity contribution in [3.8, 4) is 0 Å². The molecule has 0 amide bonds. The standard InChI is InChI=1S/C8H11BrO2/c9-7-3-4-1-5(7)6(2-4)8(10)11/h4-7H,1-3H2,(H,10,11). The molecule has 3 heteroatoms. The van der Waals surface area contributed by atoms with E-state index in [0.717, 1.165) is 12.8 Å². The Labute approximate surface area is 74.1 Å². The van der Waals surface area contributed by atoms with Crippen LogP contribution >= 0.6 is 15.9 Å². The average Bonchev–Trinajstić information content (AvgIpc) is 2.43. The van der Waals surface area contributed by atoms with Crippen molar-refractivity contribution in [3.05, 3.63) is 0 Å². The Morgan fingerprint density at radius 3 is 2.45 bits per heavy atom. The van der Waals surface area contributed by atoms with E-state index in [4.69, 9.17) is 5.11 Å². The summed E-state index contributed by atoms with van der Waals surface area (Å²) in [6.07, 6.45) is 3.24. The summed E-state index contributed by atoms with van der Waals surface area (Å²) in [4.78, 5) is 11.2. The van der Waals surface area contributed by atoms with Crippen LogP contribution in [0.25, 0.3) is 0 Å². The smallest absolute Gasteiger partial charge is 0.306 e. The van der Waals surface area contributed by atoms with Crippen LogP contribution in [0, 0.1) is 17.8 Å². The summed E-state index contributed by atoms with van der Waals surface area (Å²) in [7, 11) is 0. The van der Waals surface area contributed by atoms with Gasteiger partial charge in [-0.1, -0.05) is 15.9 Å². The van der Waals surface area contributed by atoms with Gasteiger partial charge in [-0.2, -0.15) is 0 Å². The number of hydrogen-bond donors (Lipinski definition) is 1. The maximum Gasteiger partial charge on any atom is 0.306 e. The molecule has 0 radical (unpaired) electrons. The highest BCUT2D eigenvalue weighted by Crippen LogP contribution is 2.51. The van der Waals surface area contributed by atoms with E-state index in [1.54, 1.807) is 0 Å². The molecule has 1 N–H and O–H groups in total. The fourth-order valence-corrected chi connectivity index (χ4v) is 3.66. The van der Waals surface area contributed by atoms with Crippen LogP contribution in [0.5, 0.6) is 0 Å². The van der Waals surface area contributed by atoms with Crippen LogP contribution in [0.2, 0.25) is 0 Å². The molecule has 4 atom stereocenters. The summed E-state index contributed by atoms with van der Waals surface area (Å²) < 4.78 is 0. The number of carbonyl (C=O) groups is 1. The van der Waals surface area contributed by atoms with Crippen molar-refractivity contribution < 1.29 is 9.90 Å². The van der Waals surface area contributed by atoms with Crippen LogP contribution in [0.1, 0.15) is 19.3 Å². The SMILES string of the molecule is O=C(O)C1CC2CC(Br)C1C2. The van der Waals surface area contributed by atoms with Crippen LogP contribution in [-0.4, -0.2) is 15.9 Å². The van der Waals surface area contributed by atoms with Gasteiger partial charge in [-0.05, 0) is 31.1 Å². The number of halogens is 1. The van der Waals surface area contributed by atoms with Crippen LogP contribution in [-0.2, 0) is 4.79 Å². The highest BCUT2D eigenvalue weighted by molar-refractivity contribution is 9.09. The highest BCUT2D eigenvalue weighted by atomic mass is 79.9. The maximum absolute atomic E-state index is 10.7. The summed E-state index contributed by atoms with van der Waals surface area (Å²) in [5.41, 5.74) is 0. The highest BCUT2D eigenvalue weighted by Gasteiger charge is 2.48. The lowest BCUT2D eigenvalue weighted by atomic mass is 9.89. The third-order valence-electron chi connectivity index (χ3n) is 3.05. The van der Waals surface area contributed by atoms with Crippen molar-refractivity contribution >= 4 is 21.9 Å². The van der Waals surface area contributed by atoms with Crippen molar-refractivity contribution in [3.63, 3.8) is 0 Å². The van der Waals surface area contributed by atoms with Crippen molar-refractivity contribution in [1.29, 1.82) is 0 Å². The van der Waals surface area contributed by atoms with E-state index in [0.29, 0.717) is 16.7 Å². The summed E-state index contributed by atoms with van der Waals surface area (Å²) in [5, 5.41) is 8.83. The Hall–Kier alpha value is -0.0500. The minimum atomic E-state index is -0.596. The van der Waals surface area contributed by atoms with Crippen LogP contribution < -0.4 is 0 Å². The molecule has 0 aromatic heterocycles. The Morgan fingerprint density at radius 2 is 2.09 bits per heavy atom. The van der Waals surface area contributed by atoms with Crippen molar-refractivity contribution in [2.24, 2.45) is 17.8 Å². The van der Waals surface area contributed by atoms with E-state index in [2.05, 4.69) is 15.9 Å². The zero-order valence-corrected chi connectivity index (χ0v) is 7.75. The van der Waals surface area contributed by atoms with E-state index in [9.17, 15) is 4.79 Å². The number of carboxylic acids is 1. The maximum atomic E-state index is 10.7. The molecule has 62 valence electrons. The predicted molar refractivity (Wildman–Crippen MR) is 44.7 cm³/mol.